The minimum atomic E-state index is -0.974. The van der Waals surface area contributed by atoms with Crippen molar-refractivity contribution in [2.45, 2.75) is 58.5 Å². The third kappa shape index (κ3) is 8.24. The van der Waals surface area contributed by atoms with E-state index in [1.54, 1.807) is 25.2 Å². The maximum absolute atomic E-state index is 11.2. The molecule has 2 rings (SSSR count). The van der Waals surface area contributed by atoms with Crippen molar-refractivity contribution < 1.29 is 29.3 Å². The van der Waals surface area contributed by atoms with Crippen LogP contribution >= 0.6 is 11.3 Å². The number of rotatable bonds is 7. The molecule has 1 unspecified atom stereocenters. The zero-order valence-corrected chi connectivity index (χ0v) is 17.8. The SMILES string of the molecule is CC1(C)OCC(C)(C)[C@H](C(=O)O)O1.NCCC(O)C(=O)NCCc1cccs1. The molecule has 1 saturated heterocycles. The topological polar surface area (TPSA) is 131 Å². The molecule has 2 atom stereocenters. The van der Waals surface area contributed by atoms with Crippen molar-refractivity contribution in [2.24, 2.45) is 11.1 Å². The Hall–Kier alpha value is -1.52. The van der Waals surface area contributed by atoms with E-state index in [4.69, 9.17) is 20.3 Å². The monoisotopic (exact) mass is 416 g/mol. The molecule has 8 nitrogen and oxygen atoms in total. The highest BCUT2D eigenvalue weighted by atomic mass is 32.1. The lowest BCUT2D eigenvalue weighted by Gasteiger charge is -2.43. The number of carbonyl (C=O) groups is 2. The normalized spacial score (nSPS) is 21.1. The zero-order valence-electron chi connectivity index (χ0n) is 16.9. The van der Waals surface area contributed by atoms with Crippen LogP contribution in [0.3, 0.4) is 0 Å². The molecule has 1 aliphatic heterocycles. The minimum absolute atomic E-state index is 0.310. The van der Waals surface area contributed by atoms with E-state index in [0.29, 0.717) is 26.1 Å². The van der Waals surface area contributed by atoms with Crippen LogP contribution in [0.4, 0.5) is 0 Å². The predicted molar refractivity (Wildman–Crippen MR) is 107 cm³/mol. The van der Waals surface area contributed by atoms with Gasteiger partial charge in [-0.25, -0.2) is 4.79 Å². The van der Waals surface area contributed by atoms with Crippen molar-refractivity contribution in [3.05, 3.63) is 22.4 Å². The summed E-state index contributed by atoms with van der Waals surface area (Å²) in [6.07, 6.45) is -0.654. The fourth-order valence-electron chi connectivity index (χ4n) is 2.47. The molecule has 1 aromatic rings. The van der Waals surface area contributed by atoms with E-state index in [0.717, 1.165) is 6.42 Å². The van der Waals surface area contributed by atoms with Crippen molar-refractivity contribution in [2.75, 3.05) is 19.7 Å². The van der Waals surface area contributed by atoms with Gasteiger partial charge in [0.15, 0.2) is 11.9 Å². The van der Waals surface area contributed by atoms with Crippen molar-refractivity contribution in [3.63, 3.8) is 0 Å². The number of hydrogen-bond acceptors (Lipinski definition) is 7. The van der Waals surface area contributed by atoms with Crippen molar-refractivity contribution in [1.29, 1.82) is 0 Å². The van der Waals surface area contributed by atoms with E-state index in [2.05, 4.69) is 5.32 Å². The predicted octanol–water partition coefficient (Wildman–Crippen LogP) is 1.37. The standard InChI is InChI=1S/C10H16N2O2S.C9H16O4/c11-5-3-9(13)10(14)12-6-4-8-2-1-7-15-8;1-8(2)5-12-9(3,4)13-6(8)7(10)11/h1-2,7,9,13H,3-6,11H2,(H,12,14);6H,5H2,1-4H3,(H,10,11)/t;6-/m.0/s1. The summed E-state index contributed by atoms with van der Waals surface area (Å²) in [4.78, 5) is 23.4. The van der Waals surface area contributed by atoms with E-state index in [-0.39, 0.29) is 5.91 Å². The average Bonchev–Trinajstić information content (AvgIpc) is 3.11. The molecule has 9 heteroatoms. The molecule has 0 aliphatic carbocycles. The van der Waals surface area contributed by atoms with Crippen LogP contribution < -0.4 is 11.1 Å². The van der Waals surface area contributed by atoms with Crippen molar-refractivity contribution in [3.8, 4) is 0 Å². The molecule has 1 aromatic heterocycles. The molecule has 0 radical (unpaired) electrons. The summed E-state index contributed by atoms with van der Waals surface area (Å²) in [6.45, 7) is 8.36. The van der Waals surface area contributed by atoms with Gasteiger partial charge < -0.3 is 30.7 Å². The Kier molecular flexibility index (Phi) is 9.52. The zero-order chi connectivity index (χ0) is 21.4. The number of aliphatic carboxylic acids is 1. The highest BCUT2D eigenvalue weighted by Crippen LogP contribution is 2.34. The smallest absolute Gasteiger partial charge is 0.333 e. The molecule has 1 aliphatic rings. The second kappa shape index (κ2) is 10.9. The highest BCUT2D eigenvalue weighted by Gasteiger charge is 2.45. The first-order valence-corrected chi connectivity index (χ1v) is 10.1. The maximum Gasteiger partial charge on any atom is 0.333 e. The van der Waals surface area contributed by atoms with Gasteiger partial charge in [0.25, 0.3) is 0 Å². The molecule has 1 fully saturated rings. The number of carboxylic acid groups (broad SMARTS) is 1. The number of nitrogens with one attached hydrogen (secondary N) is 1. The summed E-state index contributed by atoms with van der Waals surface area (Å²) in [5.74, 6) is -2.06. The van der Waals surface area contributed by atoms with Gasteiger partial charge in [-0.3, -0.25) is 4.79 Å². The fraction of sp³-hybridized carbons (Fsp3) is 0.684. The lowest BCUT2D eigenvalue weighted by atomic mass is 9.86. The summed E-state index contributed by atoms with van der Waals surface area (Å²) >= 11 is 1.66. The Labute approximate surface area is 170 Å². The van der Waals surface area contributed by atoms with E-state index in [1.807, 2.05) is 31.4 Å². The average molecular weight is 417 g/mol. The molecule has 1 amide bonds. The van der Waals surface area contributed by atoms with Gasteiger partial charge in [-0.15, -0.1) is 11.3 Å². The lowest BCUT2D eigenvalue weighted by Crippen LogP contribution is -2.53. The summed E-state index contributed by atoms with van der Waals surface area (Å²) in [5, 5.41) is 22.9. The van der Waals surface area contributed by atoms with Crippen LogP contribution in [0, 0.1) is 5.41 Å². The van der Waals surface area contributed by atoms with E-state index < -0.39 is 29.4 Å². The largest absolute Gasteiger partial charge is 0.479 e. The van der Waals surface area contributed by atoms with Crippen LogP contribution in [0.2, 0.25) is 0 Å². The van der Waals surface area contributed by atoms with Crippen LogP contribution in [0.1, 0.15) is 39.0 Å². The van der Waals surface area contributed by atoms with Crippen molar-refractivity contribution >= 4 is 23.2 Å². The van der Waals surface area contributed by atoms with Gasteiger partial charge in [0.1, 0.15) is 6.10 Å². The van der Waals surface area contributed by atoms with E-state index in [1.165, 1.54) is 4.88 Å². The second-order valence-electron chi connectivity index (χ2n) is 7.73. The molecule has 0 spiro atoms. The summed E-state index contributed by atoms with van der Waals surface area (Å²) < 4.78 is 10.7. The van der Waals surface area contributed by atoms with Gasteiger partial charge >= 0.3 is 5.97 Å². The Balaban J connectivity index is 0.000000283. The molecule has 2 heterocycles. The van der Waals surface area contributed by atoms with E-state index >= 15 is 0 Å². The Morgan fingerprint density at radius 1 is 1.39 bits per heavy atom. The van der Waals surface area contributed by atoms with Crippen molar-refractivity contribution in [1.82, 2.24) is 5.32 Å². The van der Waals surface area contributed by atoms with Crippen LogP contribution in [0.15, 0.2) is 17.5 Å². The minimum Gasteiger partial charge on any atom is -0.479 e. The first kappa shape index (κ1) is 24.5. The summed E-state index contributed by atoms with van der Waals surface area (Å²) in [5.41, 5.74) is 4.76. The summed E-state index contributed by atoms with van der Waals surface area (Å²) in [7, 11) is 0. The molecule has 0 aromatic carbocycles. The highest BCUT2D eigenvalue weighted by molar-refractivity contribution is 7.09. The van der Waals surface area contributed by atoms with Crippen LogP contribution in [-0.4, -0.2) is 59.8 Å². The molecule has 28 heavy (non-hydrogen) atoms. The first-order chi connectivity index (χ1) is 13.0. The second-order valence-corrected chi connectivity index (χ2v) is 8.76. The summed E-state index contributed by atoms with van der Waals surface area (Å²) in [6, 6.07) is 4.00. The van der Waals surface area contributed by atoms with Gasteiger partial charge in [0, 0.05) is 16.8 Å². The third-order valence-electron chi connectivity index (χ3n) is 4.12. The van der Waals surface area contributed by atoms with Crippen LogP contribution in [0.5, 0.6) is 0 Å². The van der Waals surface area contributed by atoms with Gasteiger partial charge in [-0.2, -0.15) is 0 Å². The number of carboxylic acids is 1. The lowest BCUT2D eigenvalue weighted by molar-refractivity contribution is -0.307. The Bertz CT molecular complexity index is 618. The molecular formula is C19H32N2O6S. The number of hydrogen-bond donors (Lipinski definition) is 4. The van der Waals surface area contributed by atoms with Gasteiger partial charge in [-0.1, -0.05) is 19.9 Å². The number of aliphatic hydroxyl groups is 1. The molecule has 0 bridgehead atoms. The molecule has 0 saturated carbocycles. The van der Waals surface area contributed by atoms with Crippen LogP contribution in [0.25, 0.3) is 0 Å². The van der Waals surface area contributed by atoms with E-state index in [9.17, 15) is 14.7 Å². The van der Waals surface area contributed by atoms with Gasteiger partial charge in [0.05, 0.1) is 6.61 Å². The quantitative estimate of drug-likeness (QED) is 0.528. The molecular weight excluding hydrogens is 384 g/mol. The Morgan fingerprint density at radius 2 is 2.07 bits per heavy atom. The third-order valence-corrected chi connectivity index (χ3v) is 5.06. The van der Waals surface area contributed by atoms with Gasteiger partial charge in [-0.05, 0) is 44.7 Å². The number of carbonyl (C=O) groups excluding carboxylic acids is 1. The maximum atomic E-state index is 11.2. The molecule has 160 valence electrons. The number of amides is 1. The van der Waals surface area contributed by atoms with Gasteiger partial charge in [0.2, 0.25) is 5.91 Å². The number of ether oxygens (including phenoxy) is 2. The number of thiophene rings is 1. The number of aliphatic hydroxyl groups excluding tert-OH is 1. The number of nitrogens with two attached hydrogens (primary N) is 1. The fourth-order valence-corrected chi connectivity index (χ4v) is 3.18. The first-order valence-electron chi connectivity index (χ1n) is 9.21. The molecule has 5 N–H and O–H groups in total. The van der Waals surface area contributed by atoms with Crippen LogP contribution in [-0.2, 0) is 25.5 Å². The Morgan fingerprint density at radius 3 is 2.57 bits per heavy atom.